The highest BCUT2D eigenvalue weighted by Gasteiger charge is 2.11. The fourth-order valence-electron chi connectivity index (χ4n) is 2.48. The molecule has 4 nitrogen and oxygen atoms in total. The second kappa shape index (κ2) is 4.49. The van der Waals surface area contributed by atoms with E-state index < -0.39 is 0 Å². The zero-order valence-corrected chi connectivity index (χ0v) is 11.2. The number of benzene rings is 3. The molecule has 0 amide bonds. The Labute approximate surface area is 115 Å². The zero-order valence-electron chi connectivity index (χ0n) is 11.2. The first-order valence-electron chi connectivity index (χ1n) is 6.14. The molecule has 0 aliphatic heterocycles. The summed E-state index contributed by atoms with van der Waals surface area (Å²) in [5.41, 5.74) is 0. The lowest BCUT2D eigenvalue weighted by molar-refractivity contribution is 0.374. The second-order valence-corrected chi connectivity index (χ2v) is 4.56. The molecule has 0 aliphatic rings. The van der Waals surface area contributed by atoms with Crippen molar-refractivity contribution in [2.75, 3.05) is 14.2 Å². The molecule has 3 rings (SSSR count). The Kier molecular flexibility index (Phi) is 2.79. The zero-order chi connectivity index (χ0) is 14.3. The summed E-state index contributed by atoms with van der Waals surface area (Å²) in [6.45, 7) is 0. The van der Waals surface area contributed by atoms with E-state index in [1.54, 1.807) is 31.4 Å². The normalized spacial score (nSPS) is 10.9. The summed E-state index contributed by atoms with van der Waals surface area (Å²) in [6.07, 6.45) is 0. The van der Waals surface area contributed by atoms with Gasteiger partial charge in [-0.1, -0.05) is 12.1 Å². The molecule has 3 aromatic rings. The van der Waals surface area contributed by atoms with Gasteiger partial charge >= 0.3 is 0 Å². The smallest absolute Gasteiger partial charge is 0.161 e. The van der Waals surface area contributed by atoms with Gasteiger partial charge in [-0.05, 0) is 34.4 Å². The highest BCUT2D eigenvalue weighted by molar-refractivity contribution is 6.11. The number of hydrogen-bond donors (Lipinski definition) is 2. The summed E-state index contributed by atoms with van der Waals surface area (Å²) in [4.78, 5) is 0. The topological polar surface area (TPSA) is 58.9 Å². The monoisotopic (exact) mass is 270 g/mol. The molecule has 0 aromatic heterocycles. The number of phenolic OH excluding ortho intramolecular Hbond substituents is 2. The maximum absolute atomic E-state index is 9.85. The minimum Gasteiger partial charge on any atom is -0.508 e. The Morgan fingerprint density at radius 2 is 1.50 bits per heavy atom. The average molecular weight is 270 g/mol. The van der Waals surface area contributed by atoms with Gasteiger partial charge in [0, 0.05) is 11.5 Å². The molecule has 102 valence electrons. The van der Waals surface area contributed by atoms with Gasteiger partial charge in [0.25, 0.3) is 0 Å². The van der Waals surface area contributed by atoms with Gasteiger partial charge in [0.15, 0.2) is 11.5 Å². The summed E-state index contributed by atoms with van der Waals surface area (Å²) >= 11 is 0. The molecule has 2 N–H and O–H groups in total. The minimum absolute atomic E-state index is 0.0945. The molecular formula is C16H14O4. The Hall–Kier alpha value is -2.62. The third-order valence-electron chi connectivity index (χ3n) is 3.40. The molecule has 0 heterocycles. The van der Waals surface area contributed by atoms with Crippen molar-refractivity contribution in [1.82, 2.24) is 0 Å². The van der Waals surface area contributed by atoms with Crippen LogP contribution in [0.4, 0.5) is 0 Å². The van der Waals surface area contributed by atoms with E-state index in [4.69, 9.17) is 9.47 Å². The van der Waals surface area contributed by atoms with E-state index in [2.05, 4.69) is 0 Å². The van der Waals surface area contributed by atoms with Gasteiger partial charge in [0.1, 0.15) is 11.5 Å². The number of hydrogen-bond acceptors (Lipinski definition) is 4. The lowest BCUT2D eigenvalue weighted by Gasteiger charge is -2.12. The van der Waals surface area contributed by atoms with Crippen molar-refractivity contribution in [2.24, 2.45) is 0 Å². The lowest BCUT2D eigenvalue weighted by Crippen LogP contribution is -1.88. The quantitative estimate of drug-likeness (QED) is 0.700. The van der Waals surface area contributed by atoms with Crippen LogP contribution in [0, 0.1) is 0 Å². The largest absolute Gasteiger partial charge is 0.508 e. The number of ether oxygens (including phenoxy) is 2. The molecule has 0 saturated heterocycles. The van der Waals surface area contributed by atoms with E-state index in [0.717, 1.165) is 21.5 Å². The van der Waals surface area contributed by atoms with Crippen LogP contribution in [0.2, 0.25) is 0 Å². The van der Waals surface area contributed by atoms with Crippen LogP contribution in [0.15, 0.2) is 36.4 Å². The summed E-state index contributed by atoms with van der Waals surface area (Å²) in [5.74, 6) is 1.23. The Morgan fingerprint density at radius 3 is 2.20 bits per heavy atom. The van der Waals surface area contributed by atoms with Crippen LogP contribution < -0.4 is 9.47 Å². The highest BCUT2D eigenvalue weighted by Crippen LogP contribution is 2.40. The lowest BCUT2D eigenvalue weighted by atomic mass is 10.00. The first-order chi connectivity index (χ1) is 9.63. The average Bonchev–Trinajstić information content (AvgIpc) is 2.45. The van der Waals surface area contributed by atoms with Crippen LogP contribution >= 0.6 is 0 Å². The Morgan fingerprint density at radius 1 is 0.800 bits per heavy atom. The van der Waals surface area contributed by atoms with Crippen LogP contribution in [0.25, 0.3) is 21.5 Å². The SMILES string of the molecule is COc1cc2c(ccc3cc(O)cc(OC)c32)cc1O. The molecule has 0 radical (unpaired) electrons. The molecule has 0 saturated carbocycles. The third-order valence-corrected chi connectivity index (χ3v) is 3.40. The maximum atomic E-state index is 9.85. The first-order valence-corrected chi connectivity index (χ1v) is 6.14. The van der Waals surface area contributed by atoms with Gasteiger partial charge in [-0.15, -0.1) is 0 Å². The van der Waals surface area contributed by atoms with Crippen LogP contribution in [-0.2, 0) is 0 Å². The van der Waals surface area contributed by atoms with Gasteiger partial charge in [0.05, 0.1) is 14.2 Å². The minimum atomic E-state index is 0.0945. The number of methoxy groups -OCH3 is 2. The molecule has 3 aromatic carbocycles. The number of fused-ring (bicyclic) bond motifs is 3. The van der Waals surface area contributed by atoms with Crippen molar-refractivity contribution < 1.29 is 19.7 Å². The van der Waals surface area contributed by atoms with Crippen LogP contribution in [-0.4, -0.2) is 24.4 Å². The van der Waals surface area contributed by atoms with Gasteiger partial charge < -0.3 is 19.7 Å². The molecule has 0 unspecified atom stereocenters. The van der Waals surface area contributed by atoms with E-state index in [1.807, 2.05) is 12.1 Å². The Bertz CT molecular complexity index is 809. The van der Waals surface area contributed by atoms with E-state index in [9.17, 15) is 10.2 Å². The molecule has 0 atom stereocenters. The number of phenols is 2. The van der Waals surface area contributed by atoms with E-state index in [0.29, 0.717) is 11.5 Å². The first kappa shape index (κ1) is 12.4. The molecule has 20 heavy (non-hydrogen) atoms. The molecule has 0 spiro atoms. The van der Waals surface area contributed by atoms with Crippen molar-refractivity contribution >= 4 is 21.5 Å². The molecule has 0 bridgehead atoms. The van der Waals surface area contributed by atoms with Gasteiger partial charge in [-0.3, -0.25) is 0 Å². The third kappa shape index (κ3) is 1.77. The van der Waals surface area contributed by atoms with Crippen molar-refractivity contribution in [3.8, 4) is 23.0 Å². The summed E-state index contributed by atoms with van der Waals surface area (Å²) in [5, 5.41) is 23.1. The second-order valence-electron chi connectivity index (χ2n) is 4.56. The molecule has 4 heteroatoms. The molecule has 0 aliphatic carbocycles. The predicted octanol–water partition coefficient (Wildman–Crippen LogP) is 3.42. The summed E-state index contributed by atoms with van der Waals surface area (Å²) in [7, 11) is 3.07. The Balaban J connectivity index is 2.50. The molecule has 0 fully saturated rings. The van der Waals surface area contributed by atoms with Crippen molar-refractivity contribution in [3.05, 3.63) is 36.4 Å². The van der Waals surface area contributed by atoms with Crippen molar-refractivity contribution in [1.29, 1.82) is 0 Å². The highest BCUT2D eigenvalue weighted by atomic mass is 16.5. The van der Waals surface area contributed by atoms with E-state index >= 15 is 0 Å². The van der Waals surface area contributed by atoms with Crippen molar-refractivity contribution in [3.63, 3.8) is 0 Å². The number of aromatic hydroxyl groups is 2. The van der Waals surface area contributed by atoms with E-state index in [-0.39, 0.29) is 11.5 Å². The standard InChI is InChI=1S/C16H14O4/c1-19-14-8-12-9(6-13(14)18)3-4-10-5-11(17)7-15(20-2)16(10)12/h3-8,17-18H,1-2H3. The maximum Gasteiger partial charge on any atom is 0.161 e. The van der Waals surface area contributed by atoms with Crippen LogP contribution in [0.5, 0.6) is 23.0 Å². The summed E-state index contributed by atoms with van der Waals surface area (Å²) in [6, 6.07) is 10.4. The number of rotatable bonds is 2. The van der Waals surface area contributed by atoms with Gasteiger partial charge in [-0.2, -0.15) is 0 Å². The fourth-order valence-corrected chi connectivity index (χ4v) is 2.48. The van der Waals surface area contributed by atoms with Crippen molar-refractivity contribution in [2.45, 2.75) is 0 Å². The van der Waals surface area contributed by atoms with Crippen LogP contribution in [0.3, 0.4) is 0 Å². The summed E-state index contributed by atoms with van der Waals surface area (Å²) < 4.78 is 10.5. The molecular weight excluding hydrogens is 256 g/mol. The fraction of sp³-hybridized carbons (Fsp3) is 0.125. The van der Waals surface area contributed by atoms with Gasteiger partial charge in [-0.25, -0.2) is 0 Å². The predicted molar refractivity (Wildman–Crippen MR) is 77.9 cm³/mol. The van der Waals surface area contributed by atoms with Crippen LogP contribution in [0.1, 0.15) is 0 Å². The van der Waals surface area contributed by atoms with Gasteiger partial charge in [0.2, 0.25) is 0 Å². The van der Waals surface area contributed by atoms with E-state index in [1.165, 1.54) is 7.11 Å².